The molecule has 0 saturated heterocycles. The van der Waals surface area contributed by atoms with E-state index in [9.17, 15) is 14.0 Å². The van der Waals surface area contributed by atoms with Gasteiger partial charge in [0.15, 0.2) is 6.61 Å². The minimum Gasteiger partial charge on any atom is -0.452 e. The highest BCUT2D eigenvalue weighted by atomic mass is 35.5. The highest BCUT2D eigenvalue weighted by Gasteiger charge is 2.14. The SMILES string of the molecule is O=C(COC(=O)c1ccc(F)cc1Cl)NCCc1cccc(Cl)c1. The zero-order valence-corrected chi connectivity index (χ0v) is 14.0. The number of nitrogens with one attached hydrogen (secondary N) is 1. The topological polar surface area (TPSA) is 55.4 Å². The summed E-state index contributed by atoms with van der Waals surface area (Å²) in [7, 11) is 0. The van der Waals surface area contributed by atoms with E-state index in [1.165, 1.54) is 6.07 Å². The molecule has 0 bridgehead atoms. The van der Waals surface area contributed by atoms with Crippen molar-refractivity contribution in [2.24, 2.45) is 0 Å². The molecular weight excluding hydrogens is 356 g/mol. The van der Waals surface area contributed by atoms with Gasteiger partial charge in [0.1, 0.15) is 5.82 Å². The first-order valence-corrected chi connectivity index (χ1v) is 7.84. The summed E-state index contributed by atoms with van der Waals surface area (Å²) in [6, 6.07) is 10.6. The van der Waals surface area contributed by atoms with Crippen molar-refractivity contribution in [2.75, 3.05) is 13.2 Å². The Morgan fingerprint density at radius 2 is 1.92 bits per heavy atom. The highest BCUT2D eigenvalue weighted by molar-refractivity contribution is 6.33. The molecule has 126 valence electrons. The molecule has 0 heterocycles. The molecule has 1 amide bonds. The van der Waals surface area contributed by atoms with E-state index >= 15 is 0 Å². The molecule has 0 saturated carbocycles. The second kappa shape index (κ2) is 8.66. The van der Waals surface area contributed by atoms with Crippen molar-refractivity contribution in [3.63, 3.8) is 0 Å². The van der Waals surface area contributed by atoms with Gasteiger partial charge in [-0.15, -0.1) is 0 Å². The smallest absolute Gasteiger partial charge is 0.340 e. The molecule has 1 N–H and O–H groups in total. The Hall–Kier alpha value is -2.11. The van der Waals surface area contributed by atoms with Crippen molar-refractivity contribution in [3.05, 3.63) is 69.5 Å². The van der Waals surface area contributed by atoms with Crippen molar-refractivity contribution in [1.29, 1.82) is 0 Å². The molecular formula is C17H14Cl2FNO3. The van der Waals surface area contributed by atoms with E-state index in [0.29, 0.717) is 18.0 Å². The number of halogens is 3. The number of carbonyl (C=O) groups is 2. The fourth-order valence-electron chi connectivity index (χ4n) is 1.95. The predicted molar refractivity (Wildman–Crippen MR) is 89.9 cm³/mol. The average Bonchev–Trinajstić information content (AvgIpc) is 2.53. The van der Waals surface area contributed by atoms with Crippen LogP contribution in [0.4, 0.5) is 4.39 Å². The van der Waals surface area contributed by atoms with Gasteiger partial charge >= 0.3 is 5.97 Å². The molecule has 0 atom stereocenters. The molecule has 0 radical (unpaired) electrons. The summed E-state index contributed by atoms with van der Waals surface area (Å²) >= 11 is 11.6. The number of ether oxygens (including phenoxy) is 1. The van der Waals surface area contributed by atoms with Crippen molar-refractivity contribution < 1.29 is 18.7 Å². The van der Waals surface area contributed by atoms with E-state index in [4.69, 9.17) is 27.9 Å². The second-order valence-electron chi connectivity index (χ2n) is 4.93. The molecule has 4 nitrogen and oxygen atoms in total. The van der Waals surface area contributed by atoms with Crippen LogP contribution in [0.25, 0.3) is 0 Å². The van der Waals surface area contributed by atoms with Gasteiger partial charge in [-0.25, -0.2) is 9.18 Å². The Kier molecular flexibility index (Phi) is 6.58. The first-order valence-electron chi connectivity index (χ1n) is 7.09. The molecule has 0 aromatic heterocycles. The lowest BCUT2D eigenvalue weighted by Crippen LogP contribution is -2.30. The van der Waals surface area contributed by atoms with Crippen molar-refractivity contribution in [3.8, 4) is 0 Å². The van der Waals surface area contributed by atoms with Gasteiger partial charge in [0.25, 0.3) is 5.91 Å². The minimum atomic E-state index is -0.787. The molecule has 7 heteroatoms. The Balaban J connectivity index is 1.75. The van der Waals surface area contributed by atoms with Gasteiger partial charge in [0.2, 0.25) is 0 Å². The van der Waals surface area contributed by atoms with Gasteiger partial charge in [0.05, 0.1) is 10.6 Å². The summed E-state index contributed by atoms with van der Waals surface area (Å²) in [6.07, 6.45) is 0.601. The van der Waals surface area contributed by atoms with Crippen LogP contribution in [-0.2, 0) is 16.0 Å². The maximum Gasteiger partial charge on any atom is 0.340 e. The van der Waals surface area contributed by atoms with E-state index in [1.54, 1.807) is 6.07 Å². The Labute approximate surface area is 148 Å². The molecule has 2 aromatic carbocycles. The largest absolute Gasteiger partial charge is 0.452 e. The van der Waals surface area contributed by atoms with Crippen LogP contribution < -0.4 is 5.32 Å². The number of esters is 1. The zero-order valence-electron chi connectivity index (χ0n) is 12.5. The van der Waals surface area contributed by atoms with Gasteiger partial charge in [0, 0.05) is 11.6 Å². The van der Waals surface area contributed by atoms with Crippen LogP contribution in [0.1, 0.15) is 15.9 Å². The molecule has 0 unspecified atom stereocenters. The summed E-state index contributed by atoms with van der Waals surface area (Å²) < 4.78 is 17.8. The predicted octanol–water partition coefficient (Wildman–Crippen LogP) is 3.65. The third-order valence-corrected chi connectivity index (χ3v) is 3.66. The lowest BCUT2D eigenvalue weighted by Gasteiger charge is -2.08. The van der Waals surface area contributed by atoms with Crippen molar-refractivity contribution >= 4 is 35.1 Å². The molecule has 24 heavy (non-hydrogen) atoms. The monoisotopic (exact) mass is 369 g/mol. The van der Waals surface area contributed by atoms with E-state index in [2.05, 4.69) is 5.32 Å². The number of hydrogen-bond acceptors (Lipinski definition) is 3. The molecule has 0 aliphatic heterocycles. The molecule has 0 aliphatic carbocycles. The van der Waals surface area contributed by atoms with Crippen LogP contribution >= 0.6 is 23.2 Å². The van der Waals surface area contributed by atoms with Crippen LogP contribution in [0.5, 0.6) is 0 Å². The number of rotatable bonds is 6. The van der Waals surface area contributed by atoms with Gasteiger partial charge in [-0.2, -0.15) is 0 Å². The van der Waals surface area contributed by atoms with Crippen LogP contribution in [0.3, 0.4) is 0 Å². The normalized spacial score (nSPS) is 10.3. The first kappa shape index (κ1) is 18.2. The van der Waals surface area contributed by atoms with Gasteiger partial charge in [-0.3, -0.25) is 4.79 Å². The molecule has 0 fully saturated rings. The lowest BCUT2D eigenvalue weighted by atomic mass is 10.1. The fourth-order valence-corrected chi connectivity index (χ4v) is 2.41. The number of benzene rings is 2. The van der Waals surface area contributed by atoms with E-state index < -0.39 is 24.3 Å². The third-order valence-electron chi connectivity index (χ3n) is 3.11. The van der Waals surface area contributed by atoms with Gasteiger partial charge in [-0.05, 0) is 42.3 Å². The van der Waals surface area contributed by atoms with Crippen molar-refractivity contribution in [2.45, 2.75) is 6.42 Å². The average molecular weight is 370 g/mol. The number of amides is 1. The first-order chi connectivity index (χ1) is 11.5. The highest BCUT2D eigenvalue weighted by Crippen LogP contribution is 2.18. The quantitative estimate of drug-likeness (QED) is 0.790. The Morgan fingerprint density at radius 3 is 2.62 bits per heavy atom. The summed E-state index contributed by atoms with van der Waals surface area (Å²) in [4.78, 5) is 23.5. The molecule has 0 spiro atoms. The number of hydrogen-bond donors (Lipinski definition) is 1. The maximum atomic E-state index is 12.9. The van der Waals surface area contributed by atoms with Crippen molar-refractivity contribution in [1.82, 2.24) is 5.32 Å². The standard InChI is InChI=1S/C17H14Cl2FNO3/c18-12-3-1-2-11(8-12)6-7-21-16(22)10-24-17(23)14-5-4-13(20)9-15(14)19/h1-5,8-9H,6-7,10H2,(H,21,22). The van der Waals surface area contributed by atoms with E-state index in [-0.39, 0.29) is 10.6 Å². The zero-order chi connectivity index (χ0) is 17.5. The fraction of sp³-hybridized carbons (Fsp3) is 0.176. The van der Waals surface area contributed by atoms with Gasteiger partial charge in [-0.1, -0.05) is 35.3 Å². The summed E-state index contributed by atoms with van der Waals surface area (Å²) in [5.74, 6) is -1.79. The summed E-state index contributed by atoms with van der Waals surface area (Å²) in [5, 5.41) is 3.19. The van der Waals surface area contributed by atoms with Crippen LogP contribution in [0.15, 0.2) is 42.5 Å². The second-order valence-corrected chi connectivity index (χ2v) is 5.77. The Morgan fingerprint density at radius 1 is 1.12 bits per heavy atom. The van der Waals surface area contributed by atoms with Gasteiger partial charge < -0.3 is 10.1 Å². The minimum absolute atomic E-state index is 0.00444. The van der Waals surface area contributed by atoms with E-state index in [1.807, 2.05) is 18.2 Å². The summed E-state index contributed by atoms with van der Waals surface area (Å²) in [6.45, 7) is -0.0594. The molecule has 0 aliphatic rings. The summed E-state index contributed by atoms with van der Waals surface area (Å²) in [5.41, 5.74) is 0.989. The molecule has 2 rings (SSSR count). The maximum absolute atomic E-state index is 12.9. The van der Waals surface area contributed by atoms with Crippen LogP contribution in [0, 0.1) is 5.82 Å². The van der Waals surface area contributed by atoms with E-state index in [0.717, 1.165) is 17.7 Å². The third kappa shape index (κ3) is 5.51. The number of carbonyl (C=O) groups excluding carboxylic acids is 2. The molecule has 2 aromatic rings. The Bertz CT molecular complexity index is 752. The lowest BCUT2D eigenvalue weighted by molar-refractivity contribution is -0.124. The van der Waals surface area contributed by atoms with Crippen LogP contribution in [0.2, 0.25) is 10.0 Å². The van der Waals surface area contributed by atoms with Crippen LogP contribution in [-0.4, -0.2) is 25.0 Å².